The molecule has 3 nitrogen and oxygen atoms in total. The molecule has 1 aromatic heterocycles. The van der Waals surface area contributed by atoms with Gasteiger partial charge >= 0.3 is 0 Å². The number of fused-ring (bicyclic) bond motifs is 3. The Morgan fingerprint density at radius 3 is 2.60 bits per heavy atom. The monoisotopic (exact) mass is 269 g/mol. The summed E-state index contributed by atoms with van der Waals surface area (Å²) in [5, 5.41) is 1.27. The minimum atomic E-state index is 0.152. The van der Waals surface area contributed by atoms with E-state index in [0.29, 0.717) is 5.92 Å². The third-order valence-electron chi connectivity index (χ3n) is 5.55. The third kappa shape index (κ3) is 1.88. The summed E-state index contributed by atoms with van der Waals surface area (Å²) in [6, 6.07) is 12.3. The van der Waals surface area contributed by atoms with Crippen molar-refractivity contribution in [3.8, 4) is 0 Å². The first-order chi connectivity index (χ1) is 9.72. The van der Waals surface area contributed by atoms with E-state index in [-0.39, 0.29) is 6.04 Å². The number of H-pyrrole nitrogens is 1. The van der Waals surface area contributed by atoms with Gasteiger partial charge in [0.25, 0.3) is 0 Å². The number of nitrogens with one attached hydrogen (secondary N) is 1. The van der Waals surface area contributed by atoms with Crippen molar-refractivity contribution in [1.29, 1.82) is 0 Å². The molecule has 2 aliphatic rings. The molecule has 3 N–H and O–H groups in total. The molecule has 0 spiro atoms. The first kappa shape index (κ1) is 12.4. The van der Waals surface area contributed by atoms with Gasteiger partial charge in [-0.1, -0.05) is 18.2 Å². The molecule has 1 aromatic carbocycles. The van der Waals surface area contributed by atoms with E-state index in [9.17, 15) is 0 Å². The largest absolute Gasteiger partial charge is 0.357 e. The minimum Gasteiger partial charge on any atom is -0.357 e. The number of nitrogens with zero attached hydrogens (tertiary/aromatic N) is 1. The molecule has 4 atom stereocenters. The van der Waals surface area contributed by atoms with Crippen molar-refractivity contribution < 1.29 is 0 Å². The summed E-state index contributed by atoms with van der Waals surface area (Å²) >= 11 is 0. The van der Waals surface area contributed by atoms with Crippen LogP contribution in [-0.2, 0) is 0 Å². The molecule has 0 radical (unpaired) electrons. The fraction of sp³-hybridized carbons (Fsp3) is 0.529. The fourth-order valence-corrected chi connectivity index (χ4v) is 4.28. The topological polar surface area (TPSA) is 45.0 Å². The van der Waals surface area contributed by atoms with Gasteiger partial charge in [0.15, 0.2) is 0 Å². The molecular formula is C17H23N3. The quantitative estimate of drug-likeness (QED) is 0.880. The van der Waals surface area contributed by atoms with Gasteiger partial charge in [-0.3, -0.25) is 0 Å². The van der Waals surface area contributed by atoms with Crippen LogP contribution in [0.15, 0.2) is 30.3 Å². The van der Waals surface area contributed by atoms with Gasteiger partial charge in [0.05, 0.1) is 0 Å². The van der Waals surface area contributed by atoms with Gasteiger partial charge in [0.1, 0.15) is 0 Å². The van der Waals surface area contributed by atoms with Gasteiger partial charge in [-0.25, -0.2) is 0 Å². The van der Waals surface area contributed by atoms with Crippen LogP contribution in [0.25, 0.3) is 10.9 Å². The Morgan fingerprint density at radius 1 is 1.20 bits per heavy atom. The van der Waals surface area contributed by atoms with Crippen LogP contribution in [0, 0.1) is 5.92 Å². The second-order valence-corrected chi connectivity index (χ2v) is 6.62. The normalized spacial score (nSPS) is 31.8. The zero-order chi connectivity index (χ0) is 13.7. The number of hydrogen-bond acceptors (Lipinski definition) is 2. The molecule has 4 rings (SSSR count). The van der Waals surface area contributed by atoms with Crippen molar-refractivity contribution in [2.24, 2.45) is 11.7 Å². The van der Waals surface area contributed by atoms with E-state index in [1.807, 2.05) is 0 Å². The first-order valence-electron chi connectivity index (χ1n) is 7.77. The Balaban J connectivity index is 1.59. The summed E-state index contributed by atoms with van der Waals surface area (Å²) in [5.74, 6) is 0.622. The molecule has 0 amide bonds. The van der Waals surface area contributed by atoms with Crippen LogP contribution in [0.2, 0.25) is 0 Å². The molecule has 2 bridgehead atoms. The minimum absolute atomic E-state index is 0.152. The number of hydrogen-bond donors (Lipinski definition) is 2. The molecule has 2 aromatic rings. The molecular weight excluding hydrogens is 246 g/mol. The van der Waals surface area contributed by atoms with Crippen LogP contribution >= 0.6 is 0 Å². The van der Waals surface area contributed by atoms with Gasteiger partial charge < -0.3 is 15.6 Å². The second kappa shape index (κ2) is 4.61. The maximum atomic E-state index is 6.58. The lowest BCUT2D eigenvalue weighted by Gasteiger charge is -2.38. The van der Waals surface area contributed by atoms with Gasteiger partial charge in [0, 0.05) is 29.3 Å². The summed E-state index contributed by atoms with van der Waals surface area (Å²) in [7, 11) is 2.28. The Labute approximate surface area is 120 Å². The molecule has 106 valence electrons. The summed E-state index contributed by atoms with van der Waals surface area (Å²) < 4.78 is 0. The molecule has 0 aliphatic carbocycles. The predicted molar refractivity (Wildman–Crippen MR) is 82.5 cm³/mol. The molecule has 1 unspecified atom stereocenters. The first-order valence-corrected chi connectivity index (χ1v) is 7.77. The van der Waals surface area contributed by atoms with Crippen LogP contribution in [0.5, 0.6) is 0 Å². The number of piperidine rings is 1. The van der Waals surface area contributed by atoms with Crippen molar-refractivity contribution in [2.75, 3.05) is 7.05 Å². The van der Waals surface area contributed by atoms with E-state index in [1.165, 1.54) is 42.3 Å². The third-order valence-corrected chi connectivity index (χ3v) is 5.55. The number of benzene rings is 1. The van der Waals surface area contributed by atoms with Crippen LogP contribution in [-0.4, -0.2) is 29.0 Å². The van der Waals surface area contributed by atoms with E-state index in [4.69, 9.17) is 5.73 Å². The zero-order valence-electron chi connectivity index (χ0n) is 12.0. The highest BCUT2D eigenvalue weighted by Crippen LogP contribution is 2.41. The van der Waals surface area contributed by atoms with Crippen LogP contribution in [0.4, 0.5) is 0 Å². The summed E-state index contributed by atoms with van der Waals surface area (Å²) in [4.78, 5) is 6.09. The molecule has 2 fully saturated rings. The average Bonchev–Trinajstić information content (AvgIpc) is 2.95. The van der Waals surface area contributed by atoms with Crippen LogP contribution < -0.4 is 5.73 Å². The lowest BCUT2D eigenvalue weighted by molar-refractivity contribution is 0.120. The summed E-state index contributed by atoms with van der Waals surface area (Å²) in [6.07, 6.45) is 5.22. The molecule has 0 saturated carbocycles. The highest BCUT2D eigenvalue weighted by molar-refractivity contribution is 5.80. The Hall–Kier alpha value is -1.32. The summed E-state index contributed by atoms with van der Waals surface area (Å²) in [5.41, 5.74) is 8.99. The van der Waals surface area contributed by atoms with E-state index in [0.717, 1.165) is 12.1 Å². The van der Waals surface area contributed by atoms with Crippen molar-refractivity contribution in [1.82, 2.24) is 9.88 Å². The van der Waals surface area contributed by atoms with E-state index in [2.05, 4.69) is 47.3 Å². The van der Waals surface area contributed by atoms with Crippen LogP contribution in [0.1, 0.15) is 37.4 Å². The predicted octanol–water partition coefficient (Wildman–Crippen LogP) is 3.04. The van der Waals surface area contributed by atoms with Crippen molar-refractivity contribution in [3.63, 3.8) is 0 Å². The smallest absolute Gasteiger partial charge is 0.0477 e. The fourth-order valence-electron chi connectivity index (χ4n) is 4.28. The van der Waals surface area contributed by atoms with Gasteiger partial charge in [-0.05, 0) is 56.2 Å². The standard InChI is InChI=1S/C17H23N3/c1-20-13-6-7-14(20)9-12(8-13)17(18)16-10-11-4-2-3-5-15(11)19-16/h2-5,10,12-14,17,19H,6-9,18H2,1H3/t12-,13-,14+,17?. The SMILES string of the molecule is CN1[C@@H]2CC[C@H]1C[C@H](C(N)c1cc3ccccc3[nH]1)C2. The Kier molecular flexibility index (Phi) is 2.86. The van der Waals surface area contributed by atoms with Crippen LogP contribution in [0.3, 0.4) is 0 Å². The molecule has 2 aliphatic heterocycles. The molecule has 20 heavy (non-hydrogen) atoms. The number of aromatic nitrogens is 1. The van der Waals surface area contributed by atoms with E-state index >= 15 is 0 Å². The summed E-state index contributed by atoms with van der Waals surface area (Å²) in [6.45, 7) is 0. The maximum absolute atomic E-state index is 6.58. The lowest BCUT2D eigenvalue weighted by Crippen LogP contribution is -2.42. The Bertz CT molecular complexity index is 570. The highest BCUT2D eigenvalue weighted by Gasteiger charge is 2.40. The zero-order valence-corrected chi connectivity index (χ0v) is 12.0. The van der Waals surface area contributed by atoms with Gasteiger partial charge in [-0.15, -0.1) is 0 Å². The van der Waals surface area contributed by atoms with E-state index in [1.54, 1.807) is 0 Å². The number of nitrogens with two attached hydrogens (primary N) is 1. The van der Waals surface area contributed by atoms with Crippen molar-refractivity contribution in [2.45, 2.75) is 43.8 Å². The molecule has 3 heterocycles. The number of aromatic amines is 1. The number of rotatable bonds is 2. The highest BCUT2D eigenvalue weighted by atomic mass is 15.2. The van der Waals surface area contributed by atoms with Crippen molar-refractivity contribution in [3.05, 3.63) is 36.0 Å². The van der Waals surface area contributed by atoms with Gasteiger partial charge in [-0.2, -0.15) is 0 Å². The van der Waals surface area contributed by atoms with Crippen molar-refractivity contribution >= 4 is 10.9 Å². The lowest BCUT2D eigenvalue weighted by atomic mass is 9.84. The average molecular weight is 269 g/mol. The molecule has 3 heteroatoms. The molecule has 2 saturated heterocycles. The second-order valence-electron chi connectivity index (χ2n) is 6.62. The Morgan fingerprint density at radius 2 is 1.90 bits per heavy atom. The van der Waals surface area contributed by atoms with Gasteiger partial charge in [0.2, 0.25) is 0 Å². The number of para-hydroxylation sites is 1. The maximum Gasteiger partial charge on any atom is 0.0477 e. The van der Waals surface area contributed by atoms with E-state index < -0.39 is 0 Å².